The number of carbonyl (C=O) groups is 2. The molecular formula is C20H14ClN3O4. The second kappa shape index (κ2) is 8.32. The predicted molar refractivity (Wildman–Crippen MR) is 107 cm³/mol. The van der Waals surface area contributed by atoms with Gasteiger partial charge >= 0.3 is 0 Å². The van der Waals surface area contributed by atoms with Crippen LogP contribution in [0.1, 0.15) is 20.7 Å². The van der Waals surface area contributed by atoms with E-state index in [4.69, 9.17) is 11.6 Å². The number of nitro groups is 1. The Kier molecular flexibility index (Phi) is 5.67. The first kappa shape index (κ1) is 19.1. The van der Waals surface area contributed by atoms with Crippen LogP contribution in [0.15, 0.2) is 72.8 Å². The average Bonchev–Trinajstić information content (AvgIpc) is 2.70. The Balaban J connectivity index is 1.72. The molecular weight excluding hydrogens is 382 g/mol. The molecule has 0 radical (unpaired) electrons. The first-order valence-electron chi connectivity index (χ1n) is 8.16. The minimum Gasteiger partial charge on any atom is -0.322 e. The number of hydrogen-bond donors (Lipinski definition) is 2. The van der Waals surface area contributed by atoms with E-state index in [1.807, 2.05) is 0 Å². The third-order valence-corrected chi connectivity index (χ3v) is 4.17. The van der Waals surface area contributed by atoms with E-state index in [-0.39, 0.29) is 17.2 Å². The second-order valence-electron chi connectivity index (χ2n) is 5.77. The number of para-hydroxylation sites is 1. The third-order valence-electron chi connectivity index (χ3n) is 3.84. The maximum absolute atomic E-state index is 12.4. The van der Waals surface area contributed by atoms with Gasteiger partial charge in [-0.05, 0) is 42.5 Å². The maximum atomic E-state index is 12.4. The Morgan fingerprint density at radius 3 is 2.18 bits per heavy atom. The highest BCUT2D eigenvalue weighted by Gasteiger charge is 2.12. The summed E-state index contributed by atoms with van der Waals surface area (Å²) in [5.74, 6) is -0.821. The minimum absolute atomic E-state index is 0.102. The van der Waals surface area contributed by atoms with E-state index in [9.17, 15) is 19.7 Å². The summed E-state index contributed by atoms with van der Waals surface area (Å²) in [6.45, 7) is 0. The van der Waals surface area contributed by atoms with Gasteiger partial charge in [-0.25, -0.2) is 0 Å². The Bertz CT molecular complexity index is 1050. The van der Waals surface area contributed by atoms with E-state index in [1.165, 1.54) is 30.3 Å². The van der Waals surface area contributed by atoms with E-state index >= 15 is 0 Å². The molecule has 0 unspecified atom stereocenters. The van der Waals surface area contributed by atoms with Crippen molar-refractivity contribution in [3.05, 3.63) is 99.1 Å². The average molecular weight is 396 g/mol. The molecule has 2 amide bonds. The third kappa shape index (κ3) is 4.52. The van der Waals surface area contributed by atoms with Crippen molar-refractivity contribution in [3.8, 4) is 0 Å². The molecule has 7 nitrogen and oxygen atoms in total. The van der Waals surface area contributed by atoms with Crippen LogP contribution in [0.25, 0.3) is 0 Å². The van der Waals surface area contributed by atoms with Crippen molar-refractivity contribution in [2.45, 2.75) is 0 Å². The van der Waals surface area contributed by atoms with Gasteiger partial charge in [0.1, 0.15) is 0 Å². The molecule has 0 spiro atoms. The molecule has 3 aromatic rings. The number of benzene rings is 3. The Morgan fingerprint density at radius 2 is 1.50 bits per heavy atom. The van der Waals surface area contributed by atoms with Gasteiger partial charge in [-0.15, -0.1) is 0 Å². The summed E-state index contributed by atoms with van der Waals surface area (Å²) < 4.78 is 0. The molecule has 0 saturated heterocycles. The molecule has 2 N–H and O–H groups in total. The molecule has 28 heavy (non-hydrogen) atoms. The number of hydrogen-bond acceptors (Lipinski definition) is 4. The highest BCUT2D eigenvalue weighted by atomic mass is 35.5. The highest BCUT2D eigenvalue weighted by molar-refractivity contribution is 6.33. The summed E-state index contributed by atoms with van der Waals surface area (Å²) in [6.07, 6.45) is 0. The topological polar surface area (TPSA) is 101 Å². The van der Waals surface area contributed by atoms with Crippen molar-refractivity contribution in [2.24, 2.45) is 0 Å². The van der Waals surface area contributed by atoms with E-state index in [0.29, 0.717) is 22.0 Å². The zero-order valence-electron chi connectivity index (χ0n) is 14.4. The Hall–Kier alpha value is -3.71. The monoisotopic (exact) mass is 395 g/mol. The maximum Gasteiger partial charge on any atom is 0.269 e. The van der Waals surface area contributed by atoms with Crippen LogP contribution in [0.5, 0.6) is 0 Å². The van der Waals surface area contributed by atoms with Gasteiger partial charge in [0, 0.05) is 28.9 Å². The standard InChI is InChI=1S/C20H14ClN3O4/c21-17-6-1-2-7-18(17)23-20(26)14-4-3-5-15(12-14)22-19(25)13-8-10-16(11-9-13)24(27)28/h1-12H,(H,22,25)(H,23,26). The van der Waals surface area contributed by atoms with Crippen LogP contribution in [0, 0.1) is 10.1 Å². The van der Waals surface area contributed by atoms with E-state index in [2.05, 4.69) is 10.6 Å². The highest BCUT2D eigenvalue weighted by Crippen LogP contribution is 2.22. The summed E-state index contributed by atoms with van der Waals surface area (Å²) in [4.78, 5) is 34.9. The van der Waals surface area contributed by atoms with Gasteiger partial charge in [0.15, 0.2) is 0 Å². The van der Waals surface area contributed by atoms with E-state index in [1.54, 1.807) is 42.5 Å². The zero-order valence-corrected chi connectivity index (χ0v) is 15.1. The molecule has 3 rings (SSSR count). The lowest BCUT2D eigenvalue weighted by Gasteiger charge is -2.09. The number of anilines is 2. The number of carbonyl (C=O) groups excluding carboxylic acids is 2. The molecule has 0 aliphatic rings. The number of rotatable bonds is 5. The molecule has 3 aromatic carbocycles. The summed E-state index contributed by atoms with van der Waals surface area (Å²) in [7, 11) is 0. The first-order chi connectivity index (χ1) is 13.4. The van der Waals surface area contributed by atoms with Gasteiger partial charge < -0.3 is 10.6 Å². The quantitative estimate of drug-likeness (QED) is 0.480. The van der Waals surface area contributed by atoms with Crippen LogP contribution in [0.4, 0.5) is 17.1 Å². The zero-order chi connectivity index (χ0) is 20.1. The molecule has 0 aromatic heterocycles. The molecule has 0 heterocycles. The van der Waals surface area contributed by atoms with Gasteiger partial charge in [0.25, 0.3) is 17.5 Å². The Morgan fingerprint density at radius 1 is 0.821 bits per heavy atom. The lowest BCUT2D eigenvalue weighted by molar-refractivity contribution is -0.384. The van der Waals surface area contributed by atoms with Crippen molar-refractivity contribution in [1.29, 1.82) is 0 Å². The van der Waals surface area contributed by atoms with Crippen LogP contribution in [-0.4, -0.2) is 16.7 Å². The molecule has 0 aliphatic heterocycles. The summed E-state index contributed by atoms with van der Waals surface area (Å²) in [6, 6.07) is 18.5. The summed E-state index contributed by atoms with van der Waals surface area (Å²) in [5.41, 5.74) is 1.39. The van der Waals surface area contributed by atoms with E-state index in [0.717, 1.165) is 0 Å². The van der Waals surface area contributed by atoms with Crippen molar-refractivity contribution in [1.82, 2.24) is 0 Å². The fourth-order valence-corrected chi connectivity index (χ4v) is 2.62. The molecule has 0 atom stereocenters. The summed E-state index contributed by atoms with van der Waals surface area (Å²) in [5, 5.41) is 16.5. The fraction of sp³-hybridized carbons (Fsp3) is 0. The molecule has 0 bridgehead atoms. The second-order valence-corrected chi connectivity index (χ2v) is 6.18. The number of nitrogens with zero attached hydrogens (tertiary/aromatic N) is 1. The number of nitro benzene ring substituents is 1. The predicted octanol–water partition coefficient (Wildman–Crippen LogP) is 4.75. The lowest BCUT2D eigenvalue weighted by atomic mass is 10.1. The van der Waals surface area contributed by atoms with Gasteiger partial charge in [-0.1, -0.05) is 29.8 Å². The van der Waals surface area contributed by atoms with Crippen LogP contribution >= 0.6 is 11.6 Å². The number of nitrogens with one attached hydrogen (secondary N) is 2. The normalized spacial score (nSPS) is 10.2. The van der Waals surface area contributed by atoms with Crippen LogP contribution in [-0.2, 0) is 0 Å². The molecule has 0 fully saturated rings. The number of halogens is 1. The molecule has 0 saturated carbocycles. The lowest BCUT2D eigenvalue weighted by Crippen LogP contribution is -2.14. The first-order valence-corrected chi connectivity index (χ1v) is 8.53. The van der Waals surface area contributed by atoms with Crippen molar-refractivity contribution >= 4 is 40.5 Å². The number of amides is 2. The van der Waals surface area contributed by atoms with Crippen LogP contribution in [0.2, 0.25) is 5.02 Å². The molecule has 8 heteroatoms. The largest absolute Gasteiger partial charge is 0.322 e. The SMILES string of the molecule is O=C(Nc1cccc(C(=O)Nc2ccccc2Cl)c1)c1ccc([N+](=O)[O-])cc1. The van der Waals surface area contributed by atoms with Crippen molar-refractivity contribution in [3.63, 3.8) is 0 Å². The van der Waals surface area contributed by atoms with Gasteiger partial charge in [-0.3, -0.25) is 19.7 Å². The van der Waals surface area contributed by atoms with Crippen LogP contribution < -0.4 is 10.6 Å². The van der Waals surface area contributed by atoms with E-state index < -0.39 is 10.8 Å². The van der Waals surface area contributed by atoms with Gasteiger partial charge in [-0.2, -0.15) is 0 Å². The fourth-order valence-electron chi connectivity index (χ4n) is 2.43. The smallest absolute Gasteiger partial charge is 0.269 e. The summed E-state index contributed by atoms with van der Waals surface area (Å²) >= 11 is 6.04. The van der Waals surface area contributed by atoms with Gasteiger partial charge in [0.05, 0.1) is 15.6 Å². The van der Waals surface area contributed by atoms with Gasteiger partial charge in [0.2, 0.25) is 0 Å². The van der Waals surface area contributed by atoms with Crippen molar-refractivity contribution < 1.29 is 14.5 Å². The van der Waals surface area contributed by atoms with Crippen LogP contribution in [0.3, 0.4) is 0 Å². The Labute approximate surface area is 165 Å². The minimum atomic E-state index is -0.539. The molecule has 0 aliphatic carbocycles. The molecule has 140 valence electrons. The van der Waals surface area contributed by atoms with Crippen molar-refractivity contribution in [2.75, 3.05) is 10.6 Å². The number of non-ortho nitro benzene ring substituents is 1.